The van der Waals surface area contributed by atoms with Crippen molar-refractivity contribution < 1.29 is 28.6 Å². The van der Waals surface area contributed by atoms with Gasteiger partial charge in [0.15, 0.2) is 6.10 Å². The van der Waals surface area contributed by atoms with Crippen molar-refractivity contribution in [3.05, 3.63) is 0 Å². The van der Waals surface area contributed by atoms with Gasteiger partial charge in [0.05, 0.1) is 0 Å². The lowest BCUT2D eigenvalue weighted by Gasteiger charge is -2.18. The first-order valence-electron chi connectivity index (χ1n) is 26.4. The Bertz CT molecular complexity index is 889. The third kappa shape index (κ3) is 45.8. The molecule has 0 aliphatic carbocycles. The summed E-state index contributed by atoms with van der Waals surface area (Å²) in [6.07, 6.45) is 49.3. The predicted octanol–water partition coefficient (Wildman–Crippen LogP) is 17.1. The maximum absolute atomic E-state index is 12.8. The van der Waals surface area contributed by atoms with Gasteiger partial charge in [-0.3, -0.25) is 14.4 Å². The summed E-state index contributed by atoms with van der Waals surface area (Å²) in [7, 11) is 0. The topological polar surface area (TPSA) is 78.9 Å². The van der Waals surface area contributed by atoms with Crippen LogP contribution in [-0.2, 0) is 28.6 Å². The molecule has 0 aliphatic rings. The van der Waals surface area contributed by atoms with E-state index in [0.29, 0.717) is 19.3 Å². The smallest absolute Gasteiger partial charge is 0.306 e. The number of carbonyl (C=O) groups is 3. The van der Waals surface area contributed by atoms with Crippen LogP contribution in [-0.4, -0.2) is 37.2 Å². The lowest BCUT2D eigenvalue weighted by molar-refractivity contribution is -0.167. The molecule has 0 bridgehead atoms. The van der Waals surface area contributed by atoms with Crippen LogP contribution in [0.5, 0.6) is 0 Å². The van der Waals surface area contributed by atoms with E-state index in [9.17, 15) is 14.4 Å². The fourth-order valence-corrected chi connectivity index (χ4v) is 8.01. The highest BCUT2D eigenvalue weighted by molar-refractivity contribution is 5.71. The van der Waals surface area contributed by atoms with Crippen LogP contribution in [0, 0.1) is 5.92 Å². The Morgan fingerprint density at radius 3 is 0.881 bits per heavy atom. The molecule has 2 atom stereocenters. The first-order valence-corrected chi connectivity index (χ1v) is 26.4. The van der Waals surface area contributed by atoms with Crippen LogP contribution < -0.4 is 0 Å². The van der Waals surface area contributed by atoms with Gasteiger partial charge in [-0.05, 0) is 25.2 Å². The molecule has 0 heterocycles. The molecule has 0 aromatic heterocycles. The van der Waals surface area contributed by atoms with E-state index in [-0.39, 0.29) is 31.1 Å². The molecule has 6 nitrogen and oxygen atoms in total. The highest BCUT2D eigenvalue weighted by atomic mass is 16.6. The summed E-state index contributed by atoms with van der Waals surface area (Å²) >= 11 is 0. The zero-order chi connectivity index (χ0) is 43.1. The molecule has 0 aliphatic heterocycles. The zero-order valence-electron chi connectivity index (χ0n) is 40.2. The predicted molar refractivity (Wildman–Crippen MR) is 252 cm³/mol. The summed E-state index contributed by atoms with van der Waals surface area (Å²) in [6.45, 7) is 9.05. The molecule has 350 valence electrons. The summed E-state index contributed by atoms with van der Waals surface area (Å²) in [5.41, 5.74) is 0. The molecule has 0 aromatic rings. The van der Waals surface area contributed by atoms with Crippen molar-refractivity contribution >= 4 is 17.9 Å². The molecule has 0 radical (unpaired) electrons. The molecular weight excluding hydrogens is 733 g/mol. The Hall–Kier alpha value is -1.59. The lowest BCUT2D eigenvalue weighted by Crippen LogP contribution is -2.30. The van der Waals surface area contributed by atoms with Crippen molar-refractivity contribution in [1.82, 2.24) is 0 Å². The Morgan fingerprint density at radius 1 is 0.339 bits per heavy atom. The van der Waals surface area contributed by atoms with Crippen molar-refractivity contribution in [2.45, 2.75) is 303 Å². The van der Waals surface area contributed by atoms with Gasteiger partial charge in [-0.25, -0.2) is 0 Å². The van der Waals surface area contributed by atoms with Gasteiger partial charge < -0.3 is 14.2 Å². The van der Waals surface area contributed by atoms with Crippen LogP contribution in [0.15, 0.2) is 0 Å². The Balaban J connectivity index is 4.30. The summed E-state index contributed by atoms with van der Waals surface area (Å²) in [5, 5.41) is 0. The molecule has 0 saturated carbocycles. The van der Waals surface area contributed by atoms with E-state index in [4.69, 9.17) is 14.2 Å². The minimum absolute atomic E-state index is 0.0626. The molecule has 0 fully saturated rings. The van der Waals surface area contributed by atoms with Gasteiger partial charge in [0.25, 0.3) is 0 Å². The van der Waals surface area contributed by atoms with E-state index in [1.165, 1.54) is 193 Å². The molecule has 0 spiro atoms. The Labute approximate surface area is 368 Å². The first kappa shape index (κ1) is 57.4. The molecule has 0 amide bonds. The standard InChI is InChI=1S/C53H102O6/c1-5-8-10-12-14-16-18-20-21-22-24-28-32-36-40-44-51(54)57-47-50(59-53(56)46-42-38-34-30-23-19-17-15-13-11-9-6-2)48-58-52(55)45-41-37-33-29-26-25-27-31-35-39-43-49(4)7-3/h49-50H,5-48H2,1-4H3/t49?,50-/m1/s1. The minimum atomic E-state index is -0.760. The van der Waals surface area contributed by atoms with Crippen molar-refractivity contribution in [2.75, 3.05) is 13.2 Å². The van der Waals surface area contributed by atoms with Gasteiger partial charge in [-0.15, -0.1) is 0 Å². The second-order valence-corrected chi connectivity index (χ2v) is 18.4. The minimum Gasteiger partial charge on any atom is -0.462 e. The number of hydrogen-bond acceptors (Lipinski definition) is 6. The summed E-state index contributed by atoms with van der Waals surface area (Å²) in [6, 6.07) is 0. The maximum atomic E-state index is 12.8. The highest BCUT2D eigenvalue weighted by Crippen LogP contribution is 2.18. The first-order chi connectivity index (χ1) is 28.9. The average Bonchev–Trinajstić information content (AvgIpc) is 3.23. The molecular formula is C53H102O6. The SMILES string of the molecule is CCCCCCCCCCCCCCCCCC(=O)OC[C@H](COC(=O)CCCCCCCCCCCCC(C)CC)OC(=O)CCCCCCCCCCCCCC. The van der Waals surface area contributed by atoms with Crippen LogP contribution >= 0.6 is 0 Å². The largest absolute Gasteiger partial charge is 0.462 e. The van der Waals surface area contributed by atoms with Gasteiger partial charge in [0.1, 0.15) is 13.2 Å². The van der Waals surface area contributed by atoms with Gasteiger partial charge >= 0.3 is 17.9 Å². The molecule has 59 heavy (non-hydrogen) atoms. The van der Waals surface area contributed by atoms with Crippen molar-refractivity contribution in [2.24, 2.45) is 5.92 Å². The van der Waals surface area contributed by atoms with E-state index >= 15 is 0 Å². The van der Waals surface area contributed by atoms with E-state index in [2.05, 4.69) is 27.7 Å². The number of hydrogen-bond donors (Lipinski definition) is 0. The fourth-order valence-electron chi connectivity index (χ4n) is 8.01. The molecule has 1 unspecified atom stereocenters. The molecule has 0 saturated heterocycles. The number of rotatable bonds is 48. The molecule has 0 N–H and O–H groups in total. The zero-order valence-corrected chi connectivity index (χ0v) is 40.2. The summed E-state index contributed by atoms with van der Waals surface area (Å²) in [4.78, 5) is 38.0. The van der Waals surface area contributed by atoms with Crippen LogP contribution in [0.4, 0.5) is 0 Å². The fraction of sp³-hybridized carbons (Fsp3) is 0.943. The number of esters is 3. The average molecular weight is 835 g/mol. The van der Waals surface area contributed by atoms with Crippen LogP contribution in [0.2, 0.25) is 0 Å². The van der Waals surface area contributed by atoms with E-state index < -0.39 is 6.10 Å². The monoisotopic (exact) mass is 835 g/mol. The third-order valence-electron chi connectivity index (χ3n) is 12.4. The Kier molecular flexibility index (Phi) is 46.2. The van der Waals surface area contributed by atoms with E-state index in [1.54, 1.807) is 0 Å². The molecule has 6 heteroatoms. The Morgan fingerprint density at radius 2 is 0.593 bits per heavy atom. The summed E-state index contributed by atoms with van der Waals surface area (Å²) < 4.78 is 16.8. The van der Waals surface area contributed by atoms with Crippen molar-refractivity contribution in [3.63, 3.8) is 0 Å². The van der Waals surface area contributed by atoms with Gasteiger partial charge in [0, 0.05) is 19.3 Å². The number of ether oxygens (including phenoxy) is 3. The third-order valence-corrected chi connectivity index (χ3v) is 12.4. The normalized spacial score (nSPS) is 12.4. The van der Waals surface area contributed by atoms with Crippen LogP contribution in [0.1, 0.15) is 297 Å². The molecule has 0 aromatic carbocycles. The number of carbonyl (C=O) groups excluding carboxylic acids is 3. The van der Waals surface area contributed by atoms with Gasteiger partial charge in [0.2, 0.25) is 0 Å². The number of unbranched alkanes of at least 4 members (excludes halogenated alkanes) is 34. The summed E-state index contributed by atoms with van der Waals surface area (Å²) in [5.74, 6) is 0.0267. The van der Waals surface area contributed by atoms with Crippen molar-refractivity contribution in [1.29, 1.82) is 0 Å². The van der Waals surface area contributed by atoms with Crippen LogP contribution in [0.3, 0.4) is 0 Å². The van der Waals surface area contributed by atoms with Crippen LogP contribution in [0.25, 0.3) is 0 Å². The molecule has 0 rings (SSSR count). The van der Waals surface area contributed by atoms with Gasteiger partial charge in [-0.2, -0.15) is 0 Å². The second-order valence-electron chi connectivity index (χ2n) is 18.4. The second kappa shape index (κ2) is 47.5. The lowest BCUT2D eigenvalue weighted by atomic mass is 9.99. The van der Waals surface area contributed by atoms with Gasteiger partial charge in [-0.1, -0.05) is 259 Å². The quantitative estimate of drug-likeness (QED) is 0.0345. The van der Waals surface area contributed by atoms with E-state index in [0.717, 1.165) is 63.7 Å². The van der Waals surface area contributed by atoms with Crippen molar-refractivity contribution in [3.8, 4) is 0 Å². The van der Waals surface area contributed by atoms with E-state index in [1.807, 2.05) is 0 Å². The highest BCUT2D eigenvalue weighted by Gasteiger charge is 2.19. The maximum Gasteiger partial charge on any atom is 0.306 e.